The van der Waals surface area contributed by atoms with E-state index in [0.717, 1.165) is 39.2 Å². The Hall–Kier alpha value is -5.06. The van der Waals surface area contributed by atoms with Gasteiger partial charge in [0, 0.05) is 33.6 Å². The summed E-state index contributed by atoms with van der Waals surface area (Å²) >= 11 is 0. The molecule has 42 heavy (non-hydrogen) atoms. The molecule has 1 aliphatic rings. The van der Waals surface area contributed by atoms with Gasteiger partial charge in [0.2, 0.25) is 0 Å². The van der Waals surface area contributed by atoms with Gasteiger partial charge < -0.3 is 4.90 Å². The fourth-order valence-electron chi connectivity index (χ4n) is 6.55. The number of hydrogen-bond donors (Lipinski definition) is 0. The molecule has 0 N–H and O–H groups in total. The van der Waals surface area contributed by atoms with E-state index < -0.39 is 8.07 Å². The summed E-state index contributed by atoms with van der Waals surface area (Å²) in [7, 11) is -1.82. The Morgan fingerprint density at radius 2 is 1.12 bits per heavy atom. The summed E-state index contributed by atoms with van der Waals surface area (Å²) in [5.74, 6) is 0.733. The Labute approximate surface area is 246 Å². The molecule has 4 heteroatoms. The molecule has 8 rings (SSSR count). The molecule has 0 saturated heterocycles. The lowest BCUT2D eigenvalue weighted by Crippen LogP contribution is -2.58. The highest BCUT2D eigenvalue weighted by atomic mass is 28.3. The largest absolute Gasteiger partial charge is 0.311 e. The van der Waals surface area contributed by atoms with Gasteiger partial charge in [-0.05, 0) is 63.6 Å². The Bertz CT molecular complexity index is 2080. The molecule has 0 bridgehead atoms. The maximum absolute atomic E-state index is 5.21. The molecule has 3 nitrogen and oxygen atoms in total. The van der Waals surface area contributed by atoms with Gasteiger partial charge in [0.15, 0.2) is 5.82 Å². The van der Waals surface area contributed by atoms with Gasteiger partial charge in [0.05, 0.1) is 11.2 Å². The van der Waals surface area contributed by atoms with Crippen LogP contribution in [0.5, 0.6) is 0 Å². The Morgan fingerprint density at radius 1 is 0.524 bits per heavy atom. The molecular formula is C38H29N3Si. The Morgan fingerprint density at radius 3 is 1.86 bits per heavy atom. The second kappa shape index (κ2) is 9.50. The standard InChI is InChI=1S/C38H29N3Si/c1-42(2)35-20-9-7-18-33(35)41(34-19-8-10-21-36(34)42)28-24-22-27(23-25-28)38-39-32-17-6-5-15-31(32)37(40-38)30-16-11-13-26-12-3-4-14-29(26)30/h3-25H,1-2H3. The molecule has 0 atom stereocenters. The third kappa shape index (κ3) is 3.80. The molecule has 0 saturated carbocycles. The van der Waals surface area contributed by atoms with E-state index >= 15 is 0 Å². The molecule has 1 aromatic heterocycles. The third-order valence-corrected chi connectivity index (χ3v) is 12.2. The van der Waals surface area contributed by atoms with E-state index in [2.05, 4.69) is 151 Å². The number of para-hydroxylation sites is 3. The minimum Gasteiger partial charge on any atom is -0.311 e. The molecule has 0 aliphatic carbocycles. The number of hydrogen-bond acceptors (Lipinski definition) is 3. The summed E-state index contributed by atoms with van der Waals surface area (Å²) in [6.45, 7) is 4.91. The molecule has 2 heterocycles. The monoisotopic (exact) mass is 555 g/mol. The van der Waals surface area contributed by atoms with Crippen molar-refractivity contribution in [1.82, 2.24) is 9.97 Å². The average molecular weight is 556 g/mol. The molecular weight excluding hydrogens is 527 g/mol. The summed E-state index contributed by atoms with van der Waals surface area (Å²) in [5, 5.41) is 6.38. The number of fused-ring (bicyclic) bond motifs is 4. The van der Waals surface area contributed by atoms with Crippen LogP contribution in [0.2, 0.25) is 13.1 Å². The van der Waals surface area contributed by atoms with Gasteiger partial charge in [0.25, 0.3) is 0 Å². The van der Waals surface area contributed by atoms with E-state index in [1.807, 2.05) is 6.07 Å². The van der Waals surface area contributed by atoms with Gasteiger partial charge in [-0.15, -0.1) is 0 Å². The van der Waals surface area contributed by atoms with Crippen LogP contribution in [0.4, 0.5) is 17.1 Å². The Kier molecular flexibility index (Phi) is 5.59. The normalized spacial score (nSPS) is 13.6. The van der Waals surface area contributed by atoms with Gasteiger partial charge in [-0.1, -0.05) is 110 Å². The fourth-order valence-corrected chi connectivity index (χ4v) is 9.54. The zero-order chi connectivity index (χ0) is 28.3. The topological polar surface area (TPSA) is 29.0 Å². The smallest absolute Gasteiger partial charge is 0.160 e. The van der Waals surface area contributed by atoms with Crippen LogP contribution in [0, 0.1) is 0 Å². The molecule has 0 spiro atoms. The van der Waals surface area contributed by atoms with E-state index in [-0.39, 0.29) is 0 Å². The maximum atomic E-state index is 5.21. The molecule has 6 aromatic carbocycles. The van der Waals surface area contributed by atoms with Crippen molar-refractivity contribution in [2.24, 2.45) is 0 Å². The lowest BCUT2D eigenvalue weighted by atomic mass is 9.99. The summed E-state index contributed by atoms with van der Waals surface area (Å²) in [6, 6.07) is 49.8. The number of nitrogens with zero attached hydrogens (tertiary/aromatic N) is 3. The number of aromatic nitrogens is 2. The highest BCUT2D eigenvalue weighted by Gasteiger charge is 2.38. The van der Waals surface area contributed by atoms with Gasteiger partial charge >= 0.3 is 0 Å². The summed E-state index contributed by atoms with van der Waals surface area (Å²) in [6.07, 6.45) is 0. The predicted molar refractivity (Wildman–Crippen MR) is 179 cm³/mol. The summed E-state index contributed by atoms with van der Waals surface area (Å²) < 4.78 is 0. The first-order valence-electron chi connectivity index (χ1n) is 14.4. The molecule has 0 radical (unpaired) electrons. The molecule has 200 valence electrons. The van der Waals surface area contributed by atoms with Crippen molar-refractivity contribution in [3.8, 4) is 22.6 Å². The lowest BCUT2D eigenvalue weighted by Gasteiger charge is -2.41. The first kappa shape index (κ1) is 24.7. The van der Waals surface area contributed by atoms with E-state index in [0.29, 0.717) is 0 Å². The SMILES string of the molecule is C[Si]1(C)c2ccccc2N(c2ccc(-c3nc(-c4cccc5ccccc45)c4ccccc4n3)cc2)c2ccccc21. The van der Waals surface area contributed by atoms with E-state index in [1.165, 1.54) is 32.5 Å². The summed E-state index contributed by atoms with van der Waals surface area (Å²) in [4.78, 5) is 12.6. The first-order valence-corrected chi connectivity index (χ1v) is 17.4. The van der Waals surface area contributed by atoms with E-state index in [4.69, 9.17) is 9.97 Å². The molecule has 0 amide bonds. The van der Waals surface area contributed by atoms with Crippen LogP contribution >= 0.6 is 0 Å². The van der Waals surface area contributed by atoms with Crippen molar-refractivity contribution in [3.05, 3.63) is 140 Å². The van der Waals surface area contributed by atoms with Crippen LogP contribution in [0.15, 0.2) is 140 Å². The quantitative estimate of drug-likeness (QED) is 0.204. The number of anilines is 3. The zero-order valence-electron chi connectivity index (χ0n) is 23.6. The number of benzene rings is 6. The molecule has 0 fully saturated rings. The van der Waals surface area contributed by atoms with Crippen LogP contribution in [0.1, 0.15) is 0 Å². The zero-order valence-corrected chi connectivity index (χ0v) is 24.6. The minimum absolute atomic E-state index is 0.733. The second-order valence-corrected chi connectivity index (χ2v) is 15.8. The first-order chi connectivity index (χ1) is 20.6. The Balaban J connectivity index is 1.27. The van der Waals surface area contributed by atoms with Gasteiger partial charge in [-0.2, -0.15) is 0 Å². The summed E-state index contributed by atoms with van der Waals surface area (Å²) in [5.41, 5.74) is 7.72. The van der Waals surface area contributed by atoms with E-state index in [9.17, 15) is 0 Å². The van der Waals surface area contributed by atoms with Crippen LogP contribution in [0.3, 0.4) is 0 Å². The van der Waals surface area contributed by atoms with Crippen LogP contribution in [-0.2, 0) is 0 Å². The van der Waals surface area contributed by atoms with Crippen molar-refractivity contribution >= 4 is 57.2 Å². The van der Waals surface area contributed by atoms with Crippen molar-refractivity contribution in [2.75, 3.05) is 4.90 Å². The van der Waals surface area contributed by atoms with Gasteiger partial charge in [-0.3, -0.25) is 0 Å². The molecule has 1 aliphatic heterocycles. The second-order valence-electron chi connectivity index (χ2n) is 11.5. The highest BCUT2D eigenvalue weighted by molar-refractivity contribution is 7.02. The van der Waals surface area contributed by atoms with Crippen molar-refractivity contribution < 1.29 is 0 Å². The van der Waals surface area contributed by atoms with Crippen molar-refractivity contribution in [3.63, 3.8) is 0 Å². The van der Waals surface area contributed by atoms with Crippen molar-refractivity contribution in [2.45, 2.75) is 13.1 Å². The lowest BCUT2D eigenvalue weighted by molar-refractivity contribution is 1.23. The fraction of sp³-hybridized carbons (Fsp3) is 0.0526. The highest BCUT2D eigenvalue weighted by Crippen LogP contribution is 2.39. The van der Waals surface area contributed by atoms with Gasteiger partial charge in [-0.25, -0.2) is 9.97 Å². The molecule has 0 unspecified atom stereocenters. The van der Waals surface area contributed by atoms with Crippen LogP contribution in [-0.4, -0.2) is 18.0 Å². The predicted octanol–water partition coefficient (Wildman–Crippen LogP) is 8.72. The van der Waals surface area contributed by atoms with Crippen LogP contribution in [0.25, 0.3) is 44.3 Å². The van der Waals surface area contributed by atoms with Crippen LogP contribution < -0.4 is 15.3 Å². The molecule has 7 aromatic rings. The maximum Gasteiger partial charge on any atom is 0.160 e. The van der Waals surface area contributed by atoms with E-state index in [1.54, 1.807) is 0 Å². The minimum atomic E-state index is -1.82. The third-order valence-electron chi connectivity index (χ3n) is 8.67. The average Bonchev–Trinajstić information content (AvgIpc) is 3.04. The number of rotatable bonds is 3. The van der Waals surface area contributed by atoms with Gasteiger partial charge in [0.1, 0.15) is 8.07 Å². The van der Waals surface area contributed by atoms with Crippen molar-refractivity contribution in [1.29, 1.82) is 0 Å².